The molecule has 0 radical (unpaired) electrons. The quantitative estimate of drug-likeness (QED) is 0.695. The average Bonchev–Trinajstić information content (AvgIpc) is 3.00. The van der Waals surface area contributed by atoms with Crippen LogP contribution in [0.4, 0.5) is 0 Å². The molecule has 3 aliphatic heterocycles. The van der Waals surface area contributed by atoms with Gasteiger partial charge in [-0.15, -0.1) is 0 Å². The van der Waals surface area contributed by atoms with Crippen LogP contribution < -0.4 is 0 Å². The number of nitrogens with zero attached hydrogens (tertiary/aromatic N) is 3. The van der Waals surface area contributed by atoms with Crippen molar-refractivity contribution in [3.05, 3.63) is 0 Å². The summed E-state index contributed by atoms with van der Waals surface area (Å²) in [4.78, 5) is 7.96. The molecule has 0 aromatic heterocycles. The third-order valence-electron chi connectivity index (χ3n) is 8.38. The van der Waals surface area contributed by atoms with Crippen LogP contribution in [0, 0.1) is 17.8 Å². The predicted octanol–water partition coefficient (Wildman–Crippen LogP) is 4.33. The summed E-state index contributed by atoms with van der Waals surface area (Å²) in [5.74, 6) is 2.76. The fraction of sp³-hybridized carbons (Fsp3) is 1.00. The van der Waals surface area contributed by atoms with Crippen LogP contribution in [-0.2, 0) is 0 Å². The Morgan fingerprint density at radius 1 is 0.846 bits per heavy atom. The van der Waals surface area contributed by atoms with Gasteiger partial charge in [0, 0.05) is 24.7 Å². The molecule has 0 bridgehead atoms. The summed E-state index contributed by atoms with van der Waals surface area (Å²) in [6.45, 7) is 8.89. The molecule has 3 saturated heterocycles. The number of hydrogen-bond donors (Lipinski definition) is 0. The SMILES string of the molecule is CC[C@@H]1CC(CC[C@@H]2CC(C(C)[C@H]3CCCCN3C)CCN2C)CN1C. The van der Waals surface area contributed by atoms with Gasteiger partial charge in [-0.3, -0.25) is 0 Å². The molecule has 0 spiro atoms. The summed E-state index contributed by atoms with van der Waals surface area (Å²) >= 11 is 0. The molecule has 3 heteroatoms. The molecule has 3 rings (SSSR count). The fourth-order valence-electron chi connectivity index (χ4n) is 6.41. The minimum Gasteiger partial charge on any atom is -0.303 e. The molecule has 3 heterocycles. The first kappa shape index (κ1) is 20.6. The van der Waals surface area contributed by atoms with Crippen molar-refractivity contribution in [2.24, 2.45) is 17.8 Å². The fourth-order valence-corrected chi connectivity index (χ4v) is 6.41. The highest BCUT2D eigenvalue weighted by molar-refractivity contribution is 4.90. The van der Waals surface area contributed by atoms with Gasteiger partial charge in [0.05, 0.1) is 0 Å². The molecule has 0 aliphatic carbocycles. The molecule has 0 amide bonds. The minimum absolute atomic E-state index is 0.830. The molecule has 0 aromatic rings. The van der Waals surface area contributed by atoms with E-state index in [0.29, 0.717) is 0 Å². The molecule has 26 heavy (non-hydrogen) atoms. The zero-order valence-corrected chi connectivity index (χ0v) is 18.3. The molecular formula is C23H45N3. The Morgan fingerprint density at radius 2 is 1.65 bits per heavy atom. The van der Waals surface area contributed by atoms with Crippen LogP contribution in [0.2, 0.25) is 0 Å². The van der Waals surface area contributed by atoms with Crippen molar-refractivity contribution in [2.45, 2.75) is 89.8 Å². The summed E-state index contributed by atoms with van der Waals surface area (Å²) in [7, 11) is 7.08. The van der Waals surface area contributed by atoms with Gasteiger partial charge in [-0.1, -0.05) is 20.3 Å². The van der Waals surface area contributed by atoms with E-state index in [1.54, 1.807) is 0 Å². The maximum Gasteiger partial charge on any atom is 0.0120 e. The molecule has 0 N–H and O–H groups in total. The van der Waals surface area contributed by atoms with Crippen molar-refractivity contribution >= 4 is 0 Å². The zero-order chi connectivity index (χ0) is 18.7. The summed E-state index contributed by atoms with van der Waals surface area (Å²) < 4.78 is 0. The molecular weight excluding hydrogens is 318 g/mol. The van der Waals surface area contributed by atoms with Crippen LogP contribution in [0.5, 0.6) is 0 Å². The average molecular weight is 364 g/mol. The number of piperidine rings is 2. The maximum absolute atomic E-state index is 2.68. The third-order valence-corrected chi connectivity index (χ3v) is 8.38. The van der Waals surface area contributed by atoms with Crippen LogP contribution in [-0.4, -0.2) is 73.6 Å². The smallest absolute Gasteiger partial charge is 0.0120 e. The van der Waals surface area contributed by atoms with Crippen LogP contribution in [0.1, 0.15) is 71.6 Å². The van der Waals surface area contributed by atoms with Crippen LogP contribution in [0.15, 0.2) is 0 Å². The van der Waals surface area contributed by atoms with E-state index in [9.17, 15) is 0 Å². The van der Waals surface area contributed by atoms with Gasteiger partial charge in [0.2, 0.25) is 0 Å². The van der Waals surface area contributed by atoms with Gasteiger partial charge in [0.1, 0.15) is 0 Å². The third kappa shape index (κ3) is 4.83. The van der Waals surface area contributed by atoms with Crippen molar-refractivity contribution in [3.63, 3.8) is 0 Å². The van der Waals surface area contributed by atoms with E-state index >= 15 is 0 Å². The topological polar surface area (TPSA) is 9.72 Å². The first-order valence-corrected chi connectivity index (χ1v) is 11.6. The lowest BCUT2D eigenvalue weighted by molar-refractivity contribution is 0.0505. The second kappa shape index (κ2) is 9.39. The van der Waals surface area contributed by atoms with Crippen molar-refractivity contribution in [2.75, 3.05) is 40.8 Å². The molecule has 3 fully saturated rings. The highest BCUT2D eigenvalue weighted by atomic mass is 15.2. The summed E-state index contributed by atoms with van der Waals surface area (Å²) in [6.07, 6.45) is 12.8. The van der Waals surface area contributed by atoms with E-state index in [2.05, 4.69) is 49.7 Å². The van der Waals surface area contributed by atoms with Gasteiger partial charge >= 0.3 is 0 Å². The molecule has 3 aliphatic rings. The second-order valence-corrected chi connectivity index (χ2v) is 10.0. The molecule has 3 nitrogen and oxygen atoms in total. The minimum atomic E-state index is 0.830. The maximum atomic E-state index is 2.68. The highest BCUT2D eigenvalue weighted by Gasteiger charge is 2.35. The van der Waals surface area contributed by atoms with E-state index in [0.717, 1.165) is 35.9 Å². The predicted molar refractivity (Wildman–Crippen MR) is 113 cm³/mol. The normalized spacial score (nSPS) is 39.3. The zero-order valence-electron chi connectivity index (χ0n) is 18.3. The molecule has 152 valence electrons. The lowest BCUT2D eigenvalue weighted by atomic mass is 9.75. The van der Waals surface area contributed by atoms with Gasteiger partial charge in [-0.25, -0.2) is 0 Å². The van der Waals surface area contributed by atoms with Crippen molar-refractivity contribution in [1.82, 2.24) is 14.7 Å². The van der Waals surface area contributed by atoms with Crippen LogP contribution in [0.25, 0.3) is 0 Å². The lowest BCUT2D eigenvalue weighted by Crippen LogP contribution is -2.47. The van der Waals surface area contributed by atoms with E-state index in [1.807, 2.05) is 0 Å². The number of likely N-dealkylation sites (tertiary alicyclic amines) is 3. The first-order chi connectivity index (χ1) is 12.5. The first-order valence-electron chi connectivity index (χ1n) is 11.6. The number of rotatable bonds is 6. The Bertz CT molecular complexity index is 426. The van der Waals surface area contributed by atoms with Crippen molar-refractivity contribution in [3.8, 4) is 0 Å². The summed E-state index contributed by atoms with van der Waals surface area (Å²) in [5, 5.41) is 0. The van der Waals surface area contributed by atoms with Gasteiger partial charge in [0.25, 0.3) is 0 Å². The Labute approximate surface area is 163 Å². The Hall–Kier alpha value is -0.120. The Kier molecular flexibility index (Phi) is 7.44. The van der Waals surface area contributed by atoms with E-state index in [1.165, 1.54) is 77.4 Å². The van der Waals surface area contributed by atoms with Gasteiger partial charge < -0.3 is 14.7 Å². The van der Waals surface area contributed by atoms with Crippen LogP contribution in [0.3, 0.4) is 0 Å². The Morgan fingerprint density at radius 3 is 2.35 bits per heavy atom. The second-order valence-electron chi connectivity index (χ2n) is 10.0. The van der Waals surface area contributed by atoms with Crippen molar-refractivity contribution in [1.29, 1.82) is 0 Å². The standard InChI is InChI=1S/C23H45N3/c1-6-21-15-19(17-26(21)5)10-11-22-16-20(12-14-24(22)3)18(2)23-9-7-8-13-25(23)4/h18-23H,6-17H2,1-5H3/t18?,19?,20?,21-,22-,23-/m1/s1. The largest absolute Gasteiger partial charge is 0.303 e. The molecule has 3 unspecified atom stereocenters. The van der Waals surface area contributed by atoms with Gasteiger partial charge in [0.15, 0.2) is 0 Å². The molecule has 0 saturated carbocycles. The summed E-state index contributed by atoms with van der Waals surface area (Å²) in [5.41, 5.74) is 0. The van der Waals surface area contributed by atoms with E-state index in [-0.39, 0.29) is 0 Å². The lowest BCUT2D eigenvalue weighted by Gasteiger charge is -2.45. The molecule has 0 aromatic carbocycles. The van der Waals surface area contributed by atoms with Gasteiger partial charge in [-0.2, -0.15) is 0 Å². The molecule has 6 atom stereocenters. The Balaban J connectivity index is 1.50. The van der Waals surface area contributed by atoms with E-state index < -0.39 is 0 Å². The highest BCUT2D eigenvalue weighted by Crippen LogP contribution is 2.36. The van der Waals surface area contributed by atoms with Gasteiger partial charge in [-0.05, 0) is 103 Å². The van der Waals surface area contributed by atoms with E-state index in [4.69, 9.17) is 0 Å². The van der Waals surface area contributed by atoms with Crippen LogP contribution >= 0.6 is 0 Å². The summed E-state index contributed by atoms with van der Waals surface area (Å²) in [6, 6.07) is 2.52. The number of hydrogen-bond acceptors (Lipinski definition) is 3. The van der Waals surface area contributed by atoms with Crippen molar-refractivity contribution < 1.29 is 0 Å². The monoisotopic (exact) mass is 363 g/mol.